The maximum atomic E-state index is 13.5. The van der Waals surface area contributed by atoms with Crippen molar-refractivity contribution < 1.29 is 19.1 Å². The smallest absolute Gasteiger partial charge is 0.246 e. The second-order valence-electron chi connectivity index (χ2n) is 10.5. The zero-order valence-electron chi connectivity index (χ0n) is 23.2. The summed E-state index contributed by atoms with van der Waals surface area (Å²) < 4.78 is 6.04. The molecule has 8 nitrogen and oxygen atoms in total. The molecule has 2 bridgehead atoms. The molecule has 212 valence electrons. The molecular weight excluding hydrogens is 516 g/mol. The van der Waals surface area contributed by atoms with E-state index in [1.54, 1.807) is 34.3 Å². The first-order valence-corrected chi connectivity index (χ1v) is 14.3. The Hall–Kier alpha value is -4.46. The van der Waals surface area contributed by atoms with Crippen LogP contribution in [0.25, 0.3) is 6.08 Å². The summed E-state index contributed by atoms with van der Waals surface area (Å²) in [5, 5.41) is 3.06. The van der Waals surface area contributed by atoms with E-state index in [4.69, 9.17) is 4.74 Å². The van der Waals surface area contributed by atoms with Gasteiger partial charge in [0, 0.05) is 63.5 Å². The van der Waals surface area contributed by atoms with Gasteiger partial charge in [-0.05, 0) is 53.8 Å². The van der Waals surface area contributed by atoms with E-state index in [1.165, 1.54) is 0 Å². The summed E-state index contributed by atoms with van der Waals surface area (Å²) in [6.07, 6.45) is 8.51. The Labute approximate surface area is 241 Å². The van der Waals surface area contributed by atoms with E-state index < -0.39 is 5.92 Å². The van der Waals surface area contributed by atoms with Gasteiger partial charge in [0.1, 0.15) is 5.75 Å². The average molecular weight is 553 g/mol. The Morgan fingerprint density at radius 3 is 2.66 bits per heavy atom. The van der Waals surface area contributed by atoms with Crippen molar-refractivity contribution in [2.24, 2.45) is 5.92 Å². The summed E-state index contributed by atoms with van der Waals surface area (Å²) in [5.74, 6) is 0.00546. The van der Waals surface area contributed by atoms with Crippen LogP contribution in [-0.2, 0) is 20.8 Å². The highest BCUT2D eigenvalue weighted by Gasteiger charge is 2.40. The molecule has 5 rings (SSSR count). The van der Waals surface area contributed by atoms with Crippen molar-refractivity contribution in [1.29, 1.82) is 0 Å². The number of nitrogens with one attached hydrogen (secondary N) is 1. The quantitative estimate of drug-likeness (QED) is 0.488. The van der Waals surface area contributed by atoms with Crippen LogP contribution in [0, 0.1) is 5.92 Å². The number of ether oxygens (including phenoxy) is 1. The van der Waals surface area contributed by atoms with Crippen LogP contribution in [0.5, 0.6) is 5.75 Å². The highest BCUT2D eigenvalue weighted by atomic mass is 16.5. The number of aryl methyl sites for hydroxylation is 1. The zero-order valence-corrected chi connectivity index (χ0v) is 23.2. The monoisotopic (exact) mass is 552 g/mol. The first kappa shape index (κ1) is 28.1. The molecule has 3 amide bonds. The van der Waals surface area contributed by atoms with Crippen LogP contribution in [0.2, 0.25) is 0 Å². The van der Waals surface area contributed by atoms with Crippen LogP contribution in [0.15, 0.2) is 85.2 Å². The highest BCUT2D eigenvalue weighted by Crippen LogP contribution is 2.35. The molecule has 1 fully saturated rings. The molecule has 0 radical (unpaired) electrons. The predicted octanol–water partition coefficient (Wildman–Crippen LogP) is 3.70. The van der Waals surface area contributed by atoms with Crippen LogP contribution in [0.3, 0.4) is 0 Å². The van der Waals surface area contributed by atoms with Crippen molar-refractivity contribution in [2.45, 2.75) is 25.2 Å². The van der Waals surface area contributed by atoms with Crippen LogP contribution >= 0.6 is 0 Å². The third kappa shape index (κ3) is 7.60. The Bertz CT molecular complexity index is 1360. The molecule has 0 saturated carbocycles. The van der Waals surface area contributed by atoms with E-state index in [0.29, 0.717) is 58.6 Å². The summed E-state index contributed by atoms with van der Waals surface area (Å²) in [6, 6.07) is 21.3. The number of aromatic nitrogens is 1. The molecule has 1 N–H and O–H groups in total. The number of carbonyl (C=O) groups excluding carboxylic acids is 3. The molecule has 2 aromatic carbocycles. The minimum atomic E-state index is -0.391. The fraction of sp³-hybridized carbons (Fsp3) is 0.333. The lowest BCUT2D eigenvalue weighted by Gasteiger charge is -2.24. The van der Waals surface area contributed by atoms with Crippen molar-refractivity contribution in [3.05, 3.63) is 102 Å². The Morgan fingerprint density at radius 1 is 0.976 bits per heavy atom. The van der Waals surface area contributed by atoms with Gasteiger partial charge in [-0.25, -0.2) is 0 Å². The topological polar surface area (TPSA) is 91.8 Å². The second-order valence-corrected chi connectivity index (χ2v) is 10.5. The number of likely N-dealkylation sites (tertiary alicyclic amines) is 1. The van der Waals surface area contributed by atoms with Gasteiger partial charge >= 0.3 is 0 Å². The predicted molar refractivity (Wildman–Crippen MR) is 157 cm³/mol. The van der Waals surface area contributed by atoms with Gasteiger partial charge in [-0.3, -0.25) is 19.4 Å². The first-order chi connectivity index (χ1) is 20.1. The molecule has 8 heteroatoms. The minimum Gasteiger partial charge on any atom is -0.494 e. The van der Waals surface area contributed by atoms with Crippen molar-refractivity contribution in [3.63, 3.8) is 0 Å². The molecule has 0 spiro atoms. The standard InChI is InChI=1S/C33H36N4O4/c38-31(14-12-25-7-2-1-3-8-25)36-18-6-20-41-28-11-4-10-27(21-28)29-23-37(24-30(29)33(40)35-17-19-36)32(39)15-13-26-9-5-16-34-22-26/h1-5,7-12,14,16,21-22,29-30H,6,13,15,17-20,23-24H2,(H,35,40)/t29-,30+/m1/s1. The molecule has 3 heterocycles. The van der Waals surface area contributed by atoms with Gasteiger partial charge in [-0.15, -0.1) is 0 Å². The molecule has 41 heavy (non-hydrogen) atoms. The Kier molecular flexibility index (Phi) is 9.41. The number of hydrogen-bond donors (Lipinski definition) is 1. The number of amides is 3. The lowest BCUT2D eigenvalue weighted by Crippen LogP contribution is -2.42. The normalized spacial score (nSPS) is 19.7. The molecule has 0 unspecified atom stereocenters. The van der Waals surface area contributed by atoms with Gasteiger partial charge in [0.15, 0.2) is 0 Å². The molecule has 1 aromatic heterocycles. The van der Waals surface area contributed by atoms with Gasteiger partial charge in [-0.1, -0.05) is 48.5 Å². The van der Waals surface area contributed by atoms with Crippen molar-refractivity contribution in [2.75, 3.05) is 39.3 Å². The molecule has 1 saturated heterocycles. The third-order valence-electron chi connectivity index (χ3n) is 7.70. The Morgan fingerprint density at radius 2 is 1.83 bits per heavy atom. The van der Waals surface area contributed by atoms with Gasteiger partial charge in [0.05, 0.1) is 12.5 Å². The van der Waals surface area contributed by atoms with E-state index in [-0.39, 0.29) is 23.6 Å². The van der Waals surface area contributed by atoms with Crippen molar-refractivity contribution in [1.82, 2.24) is 20.1 Å². The zero-order chi connectivity index (χ0) is 28.4. The van der Waals surface area contributed by atoms with Gasteiger partial charge in [-0.2, -0.15) is 0 Å². The number of carbonyl (C=O) groups is 3. The van der Waals surface area contributed by atoms with Gasteiger partial charge in [0.25, 0.3) is 0 Å². The summed E-state index contributed by atoms with van der Waals surface area (Å²) in [4.78, 5) is 47.4. The molecule has 2 aliphatic rings. The SMILES string of the molecule is O=C1NCCN(C(=O)C=Cc2ccccc2)CCCOc2cccc(c2)[C@H]2CN(C(=O)CCc3cccnc3)C[C@H]12. The third-order valence-corrected chi connectivity index (χ3v) is 7.70. The number of hydrogen-bond acceptors (Lipinski definition) is 5. The maximum absolute atomic E-state index is 13.5. The maximum Gasteiger partial charge on any atom is 0.246 e. The van der Waals surface area contributed by atoms with E-state index in [0.717, 1.165) is 22.4 Å². The van der Waals surface area contributed by atoms with Gasteiger partial charge in [0.2, 0.25) is 17.7 Å². The van der Waals surface area contributed by atoms with Crippen LogP contribution < -0.4 is 10.1 Å². The van der Waals surface area contributed by atoms with Crippen molar-refractivity contribution in [3.8, 4) is 5.75 Å². The Balaban J connectivity index is 1.28. The lowest BCUT2D eigenvalue weighted by atomic mass is 9.88. The molecular formula is C33H36N4O4. The van der Waals surface area contributed by atoms with Gasteiger partial charge < -0.3 is 19.9 Å². The van der Waals surface area contributed by atoms with E-state index in [2.05, 4.69) is 10.3 Å². The van der Waals surface area contributed by atoms with Crippen LogP contribution in [0.1, 0.15) is 35.4 Å². The van der Waals surface area contributed by atoms with Crippen LogP contribution in [0.4, 0.5) is 0 Å². The summed E-state index contributed by atoms with van der Waals surface area (Å²) in [5.41, 5.74) is 2.95. The largest absolute Gasteiger partial charge is 0.494 e. The van der Waals surface area contributed by atoms with Crippen LogP contribution in [-0.4, -0.2) is 71.8 Å². The van der Waals surface area contributed by atoms with E-state index >= 15 is 0 Å². The fourth-order valence-corrected chi connectivity index (χ4v) is 5.46. The fourth-order valence-electron chi connectivity index (χ4n) is 5.46. The second kappa shape index (κ2) is 13.7. The number of pyridine rings is 1. The molecule has 2 atom stereocenters. The number of nitrogens with zero attached hydrogens (tertiary/aromatic N) is 3. The molecule has 3 aromatic rings. The summed E-state index contributed by atoms with van der Waals surface area (Å²) in [7, 11) is 0. The summed E-state index contributed by atoms with van der Waals surface area (Å²) in [6.45, 7) is 2.54. The highest BCUT2D eigenvalue weighted by molar-refractivity contribution is 5.92. The average Bonchev–Trinajstić information content (AvgIpc) is 3.47. The minimum absolute atomic E-state index is 0.0291. The van der Waals surface area contributed by atoms with E-state index in [1.807, 2.05) is 66.7 Å². The number of benzene rings is 2. The van der Waals surface area contributed by atoms with E-state index in [9.17, 15) is 14.4 Å². The van der Waals surface area contributed by atoms with Crippen molar-refractivity contribution >= 4 is 23.8 Å². The lowest BCUT2D eigenvalue weighted by molar-refractivity contribution is -0.131. The number of fused-ring (bicyclic) bond motifs is 4. The first-order valence-electron chi connectivity index (χ1n) is 14.3. The molecule has 2 aliphatic heterocycles. The molecule has 0 aliphatic carbocycles. The summed E-state index contributed by atoms with van der Waals surface area (Å²) >= 11 is 0. The number of rotatable bonds is 5.